The highest BCUT2D eigenvalue weighted by Crippen LogP contribution is 2.53. The molecule has 1 aliphatic carbocycles. The van der Waals surface area contributed by atoms with E-state index in [1.54, 1.807) is 13.2 Å². The van der Waals surface area contributed by atoms with Gasteiger partial charge >= 0.3 is 0 Å². The zero-order valence-electron chi connectivity index (χ0n) is 25.5. The monoisotopic (exact) mass is 580 g/mol. The molecule has 1 saturated carbocycles. The molecule has 1 heterocycles. The standard InChI is InChI=1S/C31H44N4O3SSi/c1-21-16-22(2)28(27(17-21)37-6)31(24-11-12-24,34-39(36)30(3,4)5)29-33-25-13-10-23(19-32)18-26(25)35(29)20-38-14-15-40(7,8)9/h10,13,16-18,24,34H,11-12,14-15,20H2,1-9H3. The van der Waals surface area contributed by atoms with Crippen LogP contribution in [0.1, 0.15) is 61.7 Å². The summed E-state index contributed by atoms with van der Waals surface area (Å²) in [7, 11) is -1.01. The van der Waals surface area contributed by atoms with E-state index >= 15 is 0 Å². The smallest absolute Gasteiger partial charge is 0.138 e. The highest BCUT2D eigenvalue weighted by molar-refractivity contribution is 7.84. The molecule has 0 amide bonds. The molecule has 9 heteroatoms. The van der Waals surface area contributed by atoms with Crippen LogP contribution in [-0.2, 0) is 28.0 Å². The van der Waals surface area contributed by atoms with Crippen LogP contribution < -0.4 is 9.46 Å². The fourth-order valence-corrected chi connectivity index (χ4v) is 6.96. The SMILES string of the molecule is COc1cc(C)cc(C)c1C(NS(=O)C(C)(C)C)(c1nc2ccc(C#N)cc2n1COCC[Si](C)(C)C)C1CC1. The van der Waals surface area contributed by atoms with Gasteiger partial charge in [-0.2, -0.15) is 5.26 Å². The van der Waals surface area contributed by atoms with Gasteiger partial charge in [-0.25, -0.2) is 13.9 Å². The Hall–Kier alpha value is -2.51. The van der Waals surface area contributed by atoms with E-state index in [1.165, 1.54) is 0 Å². The lowest BCUT2D eigenvalue weighted by atomic mass is 9.81. The van der Waals surface area contributed by atoms with Gasteiger partial charge in [0.1, 0.15) is 23.8 Å². The normalized spacial score (nSPS) is 16.5. The molecule has 3 aromatic rings. The van der Waals surface area contributed by atoms with Crippen molar-refractivity contribution in [2.45, 2.75) is 90.2 Å². The van der Waals surface area contributed by atoms with Crippen molar-refractivity contribution in [1.29, 1.82) is 5.26 Å². The van der Waals surface area contributed by atoms with Gasteiger partial charge < -0.3 is 14.0 Å². The third-order valence-corrected chi connectivity index (χ3v) is 10.8. The van der Waals surface area contributed by atoms with Gasteiger partial charge in [-0.05, 0) is 94.8 Å². The number of nitrogens with one attached hydrogen (secondary N) is 1. The van der Waals surface area contributed by atoms with Crippen LogP contribution in [0.15, 0.2) is 30.3 Å². The third kappa shape index (κ3) is 6.20. The first kappa shape index (κ1) is 30.4. The maximum absolute atomic E-state index is 14.0. The summed E-state index contributed by atoms with van der Waals surface area (Å²) in [5.74, 6) is 1.65. The fourth-order valence-electron chi connectivity index (χ4n) is 5.25. The van der Waals surface area contributed by atoms with E-state index in [4.69, 9.17) is 14.5 Å². The number of benzene rings is 2. The minimum Gasteiger partial charge on any atom is -0.496 e. The lowest BCUT2D eigenvalue weighted by molar-refractivity contribution is 0.0846. The van der Waals surface area contributed by atoms with Gasteiger partial charge in [-0.1, -0.05) is 25.7 Å². The van der Waals surface area contributed by atoms with Gasteiger partial charge in [0, 0.05) is 20.2 Å². The van der Waals surface area contributed by atoms with Crippen LogP contribution in [-0.4, -0.2) is 40.3 Å². The average Bonchev–Trinajstić information content (AvgIpc) is 3.65. The molecule has 216 valence electrons. The van der Waals surface area contributed by atoms with Gasteiger partial charge in [0.2, 0.25) is 0 Å². The summed E-state index contributed by atoms with van der Waals surface area (Å²) < 4.78 is 31.6. The summed E-state index contributed by atoms with van der Waals surface area (Å²) in [5.41, 5.74) is 4.39. The van der Waals surface area contributed by atoms with E-state index in [1.807, 2.05) is 39.0 Å². The van der Waals surface area contributed by atoms with Gasteiger partial charge in [-0.15, -0.1) is 0 Å². The van der Waals surface area contributed by atoms with Crippen molar-refractivity contribution in [2.24, 2.45) is 5.92 Å². The van der Waals surface area contributed by atoms with Crippen molar-refractivity contribution in [2.75, 3.05) is 13.7 Å². The van der Waals surface area contributed by atoms with Crippen molar-refractivity contribution >= 4 is 30.1 Å². The summed E-state index contributed by atoms with van der Waals surface area (Å²) in [4.78, 5) is 5.23. The quantitative estimate of drug-likeness (QED) is 0.205. The molecule has 0 aliphatic heterocycles. The molecule has 4 rings (SSSR count). The van der Waals surface area contributed by atoms with Gasteiger partial charge in [-0.3, -0.25) is 0 Å². The number of nitrogens with zero attached hydrogens (tertiary/aromatic N) is 3. The molecule has 0 spiro atoms. The number of nitriles is 1. The lowest BCUT2D eigenvalue weighted by Crippen LogP contribution is -2.52. The Labute approximate surface area is 242 Å². The van der Waals surface area contributed by atoms with Crippen molar-refractivity contribution < 1.29 is 13.7 Å². The molecule has 7 nitrogen and oxygen atoms in total. The second-order valence-electron chi connectivity index (χ2n) is 13.3. The van der Waals surface area contributed by atoms with Crippen molar-refractivity contribution in [1.82, 2.24) is 14.3 Å². The Morgan fingerprint density at radius 2 is 1.88 bits per heavy atom. The number of fused-ring (bicyclic) bond motifs is 1. The second kappa shape index (κ2) is 11.4. The van der Waals surface area contributed by atoms with E-state index < -0.39 is 29.3 Å². The summed E-state index contributed by atoms with van der Waals surface area (Å²) >= 11 is 0. The number of hydrogen-bond donors (Lipinski definition) is 1. The molecule has 1 aromatic heterocycles. The highest BCUT2D eigenvalue weighted by atomic mass is 32.2. The Bertz CT molecular complexity index is 1460. The van der Waals surface area contributed by atoms with Crippen LogP contribution in [0.3, 0.4) is 0 Å². The van der Waals surface area contributed by atoms with Crippen LogP contribution in [0.2, 0.25) is 25.7 Å². The molecule has 2 unspecified atom stereocenters. The van der Waals surface area contributed by atoms with Crippen LogP contribution >= 0.6 is 0 Å². The molecule has 1 fully saturated rings. The number of hydrogen-bond acceptors (Lipinski definition) is 5. The maximum Gasteiger partial charge on any atom is 0.138 e. The molecular formula is C31H44N4O3SSi. The van der Waals surface area contributed by atoms with E-state index in [-0.39, 0.29) is 12.6 Å². The molecule has 0 bridgehead atoms. The third-order valence-electron chi connectivity index (χ3n) is 7.50. The average molecular weight is 581 g/mol. The zero-order valence-corrected chi connectivity index (χ0v) is 27.3. The molecular weight excluding hydrogens is 537 g/mol. The molecule has 1 aliphatic rings. The van der Waals surface area contributed by atoms with E-state index in [2.05, 4.69) is 54.9 Å². The fraction of sp³-hybridized carbons (Fsp3) is 0.548. The van der Waals surface area contributed by atoms with Gasteiger partial charge in [0.15, 0.2) is 0 Å². The van der Waals surface area contributed by atoms with Gasteiger partial charge in [0.25, 0.3) is 0 Å². The summed E-state index contributed by atoms with van der Waals surface area (Å²) in [6.45, 7) is 18.0. The molecule has 0 saturated heterocycles. The Morgan fingerprint density at radius 1 is 1.18 bits per heavy atom. The molecule has 1 N–H and O–H groups in total. The first-order chi connectivity index (χ1) is 18.7. The molecule has 40 heavy (non-hydrogen) atoms. The Morgan fingerprint density at radius 3 is 2.45 bits per heavy atom. The van der Waals surface area contributed by atoms with E-state index in [0.717, 1.165) is 58.2 Å². The van der Waals surface area contributed by atoms with Crippen LogP contribution in [0.4, 0.5) is 0 Å². The number of imidazole rings is 1. The number of aromatic nitrogens is 2. The topological polar surface area (TPSA) is 89.2 Å². The minimum atomic E-state index is -1.41. The summed E-state index contributed by atoms with van der Waals surface area (Å²) in [6, 6.07) is 13.1. The largest absolute Gasteiger partial charge is 0.496 e. The number of rotatable bonds is 11. The highest BCUT2D eigenvalue weighted by Gasteiger charge is 2.55. The van der Waals surface area contributed by atoms with E-state index in [0.29, 0.717) is 12.2 Å². The predicted octanol–water partition coefficient (Wildman–Crippen LogP) is 6.55. The summed E-state index contributed by atoms with van der Waals surface area (Å²) in [6.07, 6.45) is 1.93. The first-order valence-corrected chi connectivity index (χ1v) is 18.9. The molecule has 2 aromatic carbocycles. The zero-order chi connectivity index (χ0) is 29.5. The van der Waals surface area contributed by atoms with Crippen LogP contribution in [0, 0.1) is 31.1 Å². The lowest BCUT2D eigenvalue weighted by Gasteiger charge is -2.39. The number of ether oxygens (including phenoxy) is 2. The predicted molar refractivity (Wildman–Crippen MR) is 166 cm³/mol. The number of aryl methyl sites for hydroxylation is 2. The maximum atomic E-state index is 14.0. The van der Waals surface area contributed by atoms with E-state index in [9.17, 15) is 9.47 Å². The van der Waals surface area contributed by atoms with Crippen LogP contribution in [0.5, 0.6) is 5.75 Å². The molecule has 0 radical (unpaired) electrons. The Kier molecular flexibility index (Phi) is 8.68. The van der Waals surface area contributed by atoms with Crippen molar-refractivity contribution in [3.63, 3.8) is 0 Å². The number of methoxy groups -OCH3 is 1. The minimum absolute atomic E-state index is 0.155. The van der Waals surface area contributed by atoms with Gasteiger partial charge in [0.05, 0.1) is 45.5 Å². The second-order valence-corrected chi connectivity index (χ2v) is 20.8. The van der Waals surface area contributed by atoms with Crippen molar-refractivity contribution in [3.8, 4) is 11.8 Å². The summed E-state index contributed by atoms with van der Waals surface area (Å²) in [5, 5.41) is 9.70. The van der Waals surface area contributed by atoms with Crippen molar-refractivity contribution in [3.05, 3.63) is 58.4 Å². The molecule has 2 atom stereocenters. The first-order valence-electron chi connectivity index (χ1n) is 14.1. The van der Waals surface area contributed by atoms with Crippen LogP contribution in [0.25, 0.3) is 11.0 Å². The Balaban J connectivity index is 2.02.